The summed E-state index contributed by atoms with van der Waals surface area (Å²) >= 11 is 0. The van der Waals surface area contributed by atoms with Gasteiger partial charge in [0.2, 0.25) is 0 Å². The van der Waals surface area contributed by atoms with E-state index in [1.54, 1.807) is 14.2 Å². The van der Waals surface area contributed by atoms with Crippen LogP contribution in [0.5, 0.6) is 11.5 Å². The lowest BCUT2D eigenvalue weighted by atomic mass is 9.55. The molecule has 6 aliphatic carbocycles. The Hall–Kier alpha value is -6.74. The first-order valence-corrected chi connectivity index (χ1v) is 20.8. The van der Waals surface area contributed by atoms with Crippen LogP contribution in [-0.4, -0.2) is 60.6 Å². The Bertz CT molecular complexity index is 2890. The number of fused-ring (bicyclic) bond motifs is 4. The number of hydrogen-bond acceptors (Lipinski definition) is 8. The molecule has 0 saturated heterocycles. The van der Waals surface area contributed by atoms with Gasteiger partial charge in [0.1, 0.15) is 24.7 Å². The average Bonchev–Trinajstić information content (AvgIpc) is 3.29. The molecule has 8 heteroatoms. The van der Waals surface area contributed by atoms with Gasteiger partial charge in [0, 0.05) is 60.1 Å². The average molecular weight is 783 g/mol. The van der Waals surface area contributed by atoms with Crippen LogP contribution in [0.25, 0.3) is 44.1 Å². The van der Waals surface area contributed by atoms with Crippen molar-refractivity contribution < 1.29 is 18.9 Å². The van der Waals surface area contributed by atoms with Crippen molar-refractivity contribution in [3.8, 4) is 11.5 Å². The molecule has 4 atom stereocenters. The van der Waals surface area contributed by atoms with Crippen molar-refractivity contribution in [2.24, 2.45) is 0 Å². The zero-order chi connectivity index (χ0) is 39.6. The SMILES string of the molecule is COCCOc1c2c(c(OCCOC)c3c1C1c4ccccc4C3c3cc4nc5ccccc5nc4cc31)C1c3ccccc3C2c2cc3nc4ccccc4nc3cc21. The highest BCUT2D eigenvalue weighted by Gasteiger charge is 2.52. The third-order valence-electron chi connectivity index (χ3n) is 13.3. The Morgan fingerprint density at radius 3 is 0.867 bits per heavy atom. The highest BCUT2D eigenvalue weighted by atomic mass is 16.5. The summed E-state index contributed by atoms with van der Waals surface area (Å²) in [6.45, 7) is 1.72. The summed E-state index contributed by atoms with van der Waals surface area (Å²) in [5.74, 6) is 1.32. The molecule has 0 N–H and O–H groups in total. The summed E-state index contributed by atoms with van der Waals surface area (Å²) in [5, 5.41) is 0. The molecule has 60 heavy (non-hydrogen) atoms. The standard InChI is InChI=1S/C52H38N4O4/c1-57-19-21-59-51-47-43-27-11-3-5-13-29(27)45(33-25-41-39(23-31(33)43)53-35-15-7-9-17-37(35)55-41)49(47)52(60-22-20-58-2)50-46-30-14-6-4-12-28(30)44(48(50)51)32-24-40-42(26-34(32)46)56-38-18-10-8-16-36(38)54-40/h3-18,23-26,43-46H,19-22H2,1-2H3. The maximum atomic E-state index is 7.22. The van der Waals surface area contributed by atoms with Crippen LogP contribution in [0.4, 0.5) is 0 Å². The second-order valence-corrected chi connectivity index (χ2v) is 16.3. The zero-order valence-electron chi connectivity index (χ0n) is 33.1. The van der Waals surface area contributed by atoms with Gasteiger partial charge in [-0.1, -0.05) is 72.8 Å². The summed E-state index contributed by atoms with van der Waals surface area (Å²) in [6.07, 6.45) is 0. The summed E-state index contributed by atoms with van der Waals surface area (Å²) in [4.78, 5) is 20.7. The minimum Gasteiger partial charge on any atom is -0.491 e. The first-order chi connectivity index (χ1) is 29.7. The molecule has 7 aromatic carbocycles. The van der Waals surface area contributed by atoms with Crippen LogP contribution in [0.3, 0.4) is 0 Å². The van der Waals surface area contributed by atoms with Gasteiger partial charge in [0.15, 0.2) is 0 Å². The Morgan fingerprint density at radius 1 is 0.333 bits per heavy atom. The van der Waals surface area contributed by atoms with Crippen molar-refractivity contribution >= 4 is 44.1 Å². The van der Waals surface area contributed by atoms with Crippen LogP contribution in [0.15, 0.2) is 121 Å². The van der Waals surface area contributed by atoms with Gasteiger partial charge in [-0.2, -0.15) is 0 Å². The lowest BCUT2D eigenvalue weighted by Crippen LogP contribution is -2.34. The van der Waals surface area contributed by atoms with E-state index in [0.717, 1.165) is 55.6 Å². The van der Waals surface area contributed by atoms with E-state index in [9.17, 15) is 0 Å². The number of methoxy groups -OCH3 is 2. The van der Waals surface area contributed by atoms with Crippen molar-refractivity contribution in [3.05, 3.63) is 188 Å². The molecule has 0 radical (unpaired) electrons. The lowest BCUT2D eigenvalue weighted by molar-refractivity contribution is 0.141. The summed E-state index contributed by atoms with van der Waals surface area (Å²) in [7, 11) is 3.46. The van der Waals surface area contributed by atoms with E-state index in [2.05, 4.69) is 72.8 Å². The van der Waals surface area contributed by atoms with Crippen molar-refractivity contribution in [3.63, 3.8) is 0 Å². The number of para-hydroxylation sites is 4. The van der Waals surface area contributed by atoms with Gasteiger partial charge in [-0.05, 0) is 93.0 Å². The minimum atomic E-state index is -0.134. The molecule has 0 amide bonds. The Kier molecular flexibility index (Phi) is 7.33. The second kappa shape index (κ2) is 12.9. The Balaban J connectivity index is 1.15. The Morgan fingerprint density at radius 2 is 0.600 bits per heavy atom. The summed E-state index contributed by atoms with van der Waals surface area (Å²) < 4.78 is 25.8. The topological polar surface area (TPSA) is 88.5 Å². The maximum Gasteiger partial charge on any atom is 0.128 e. The zero-order valence-corrected chi connectivity index (χ0v) is 33.1. The molecule has 2 heterocycles. The largest absolute Gasteiger partial charge is 0.491 e. The molecular weight excluding hydrogens is 745 g/mol. The van der Waals surface area contributed by atoms with Crippen LogP contribution < -0.4 is 9.47 Å². The molecule has 6 aliphatic rings. The molecule has 290 valence electrons. The van der Waals surface area contributed by atoms with E-state index in [-0.39, 0.29) is 23.7 Å². The highest BCUT2D eigenvalue weighted by Crippen LogP contribution is 2.68. The summed E-state index contributed by atoms with van der Waals surface area (Å²) in [5.41, 5.74) is 21.8. The lowest BCUT2D eigenvalue weighted by Gasteiger charge is -2.49. The van der Waals surface area contributed by atoms with E-state index >= 15 is 0 Å². The third kappa shape index (κ3) is 4.63. The molecule has 0 saturated carbocycles. The second-order valence-electron chi connectivity index (χ2n) is 16.3. The van der Waals surface area contributed by atoms with E-state index in [4.69, 9.17) is 38.9 Å². The monoisotopic (exact) mass is 782 g/mol. The van der Waals surface area contributed by atoms with Crippen molar-refractivity contribution in [2.45, 2.75) is 23.7 Å². The van der Waals surface area contributed by atoms with Crippen LogP contribution >= 0.6 is 0 Å². The third-order valence-corrected chi connectivity index (χ3v) is 13.3. The van der Waals surface area contributed by atoms with Crippen LogP contribution in [0.1, 0.15) is 90.4 Å². The van der Waals surface area contributed by atoms with Gasteiger partial charge >= 0.3 is 0 Å². The molecule has 0 spiro atoms. The van der Waals surface area contributed by atoms with Gasteiger partial charge in [-0.25, -0.2) is 19.9 Å². The molecule has 4 unspecified atom stereocenters. The first kappa shape index (κ1) is 34.2. The molecule has 0 fully saturated rings. The van der Waals surface area contributed by atoms with E-state index in [0.29, 0.717) is 26.4 Å². The predicted molar refractivity (Wildman–Crippen MR) is 232 cm³/mol. The molecule has 8 nitrogen and oxygen atoms in total. The number of aromatic nitrogens is 4. The van der Waals surface area contributed by atoms with E-state index < -0.39 is 0 Å². The highest BCUT2D eigenvalue weighted by molar-refractivity contribution is 5.92. The molecule has 4 bridgehead atoms. The van der Waals surface area contributed by atoms with Crippen LogP contribution in [0.2, 0.25) is 0 Å². The van der Waals surface area contributed by atoms with Crippen LogP contribution in [-0.2, 0) is 9.47 Å². The fourth-order valence-corrected chi connectivity index (χ4v) is 11.1. The smallest absolute Gasteiger partial charge is 0.128 e. The fourth-order valence-electron chi connectivity index (χ4n) is 11.1. The van der Waals surface area contributed by atoms with Gasteiger partial charge < -0.3 is 18.9 Å². The van der Waals surface area contributed by atoms with Gasteiger partial charge in [-0.3, -0.25) is 0 Å². The molecule has 0 aliphatic heterocycles. The number of hydrogen-bond donors (Lipinski definition) is 0. The quantitative estimate of drug-likeness (QED) is 0.111. The number of benzene rings is 7. The molecule has 2 aromatic heterocycles. The number of nitrogens with zero attached hydrogens (tertiary/aromatic N) is 4. The van der Waals surface area contributed by atoms with Gasteiger partial charge in [0.05, 0.1) is 57.3 Å². The molecule has 15 rings (SSSR count). The van der Waals surface area contributed by atoms with Crippen molar-refractivity contribution in [1.82, 2.24) is 19.9 Å². The normalized spacial score (nSPS) is 18.6. The van der Waals surface area contributed by atoms with Crippen molar-refractivity contribution in [2.75, 3.05) is 40.6 Å². The maximum absolute atomic E-state index is 7.22. The minimum absolute atomic E-state index is 0.134. The molecule has 9 aromatic rings. The first-order valence-electron chi connectivity index (χ1n) is 20.8. The Labute approximate surface area is 345 Å². The van der Waals surface area contributed by atoms with Crippen LogP contribution in [0, 0.1) is 0 Å². The van der Waals surface area contributed by atoms with E-state index in [1.807, 2.05) is 48.5 Å². The van der Waals surface area contributed by atoms with Gasteiger partial charge in [-0.15, -0.1) is 0 Å². The molecular formula is C52H38N4O4. The van der Waals surface area contributed by atoms with E-state index in [1.165, 1.54) is 66.8 Å². The summed E-state index contributed by atoms with van der Waals surface area (Å²) in [6, 6.07) is 43.2. The fraction of sp³-hybridized carbons (Fsp3) is 0.192. The number of rotatable bonds is 8. The van der Waals surface area contributed by atoms with Crippen molar-refractivity contribution in [1.29, 1.82) is 0 Å². The predicted octanol–water partition coefficient (Wildman–Crippen LogP) is 9.90. The number of ether oxygens (including phenoxy) is 4. The van der Waals surface area contributed by atoms with Gasteiger partial charge in [0.25, 0.3) is 0 Å².